The number of carbonyl (C=O) groups is 1. The van der Waals surface area contributed by atoms with Gasteiger partial charge in [-0.05, 0) is 73.1 Å². The summed E-state index contributed by atoms with van der Waals surface area (Å²) < 4.78 is 32.4. The maximum Gasteiger partial charge on any atom is 0.227 e. The summed E-state index contributed by atoms with van der Waals surface area (Å²) in [6.45, 7) is 3.08. The van der Waals surface area contributed by atoms with Gasteiger partial charge in [-0.25, -0.2) is 8.42 Å². The van der Waals surface area contributed by atoms with E-state index in [0.717, 1.165) is 29.7 Å². The van der Waals surface area contributed by atoms with Crippen LogP contribution < -0.4 is 4.90 Å². The lowest BCUT2D eigenvalue weighted by Gasteiger charge is -2.27. The smallest absolute Gasteiger partial charge is 0.227 e. The van der Waals surface area contributed by atoms with E-state index >= 15 is 0 Å². The minimum Gasteiger partial charge on any atom is -0.507 e. The zero-order valence-electron chi connectivity index (χ0n) is 16.6. The molecule has 2 aliphatic heterocycles. The first-order chi connectivity index (χ1) is 13.8. The Morgan fingerprint density at radius 1 is 1.10 bits per heavy atom. The highest BCUT2D eigenvalue weighted by Crippen LogP contribution is 2.39. The van der Waals surface area contributed by atoms with Crippen molar-refractivity contribution in [3.63, 3.8) is 0 Å². The second-order valence-electron chi connectivity index (χ2n) is 7.76. The number of rotatable bonds is 3. The third kappa shape index (κ3) is 3.42. The lowest BCUT2D eigenvalue weighted by molar-refractivity contribution is -0.118. The van der Waals surface area contributed by atoms with Crippen LogP contribution in [0.4, 0.5) is 5.69 Å². The number of sulfone groups is 1. The molecule has 6 nitrogen and oxygen atoms in total. The fourth-order valence-electron chi connectivity index (χ4n) is 4.40. The highest BCUT2D eigenvalue weighted by atomic mass is 32.2. The Bertz CT molecular complexity index is 1070. The zero-order chi connectivity index (χ0) is 20.8. The number of phenolic OH excluding ortho intramolecular Hbond substituents is 1. The fraction of sp³-hybridized carbons (Fsp3) is 0.409. The minimum absolute atomic E-state index is 0.0192. The van der Waals surface area contributed by atoms with Gasteiger partial charge in [-0.2, -0.15) is 0 Å². The van der Waals surface area contributed by atoms with Gasteiger partial charge in [-0.15, -0.1) is 0 Å². The fourth-order valence-corrected chi connectivity index (χ4v) is 6.05. The maximum atomic E-state index is 13.5. The molecule has 0 aliphatic carbocycles. The van der Waals surface area contributed by atoms with E-state index in [1.807, 2.05) is 6.07 Å². The standard InChI is InChI=1S/C22H25NO5S/c1-14-18(15-9-11-28-12-10-15)5-7-20(24)22(14)29(26,27)17-4-6-19-16(13-17)3-8-21(25)23(19)2/h4-7,13,15,24H,3,8-12H2,1-2H3. The molecule has 2 aliphatic rings. The molecule has 0 aromatic heterocycles. The Kier molecular flexibility index (Phi) is 5.12. The third-order valence-corrected chi connectivity index (χ3v) is 7.99. The molecular formula is C22H25NO5S. The molecule has 1 N–H and O–H groups in total. The predicted octanol–water partition coefficient (Wildman–Crippen LogP) is 3.34. The van der Waals surface area contributed by atoms with Crippen LogP contribution in [0.3, 0.4) is 0 Å². The van der Waals surface area contributed by atoms with E-state index in [2.05, 4.69) is 0 Å². The van der Waals surface area contributed by atoms with Gasteiger partial charge >= 0.3 is 0 Å². The molecule has 0 unspecified atom stereocenters. The zero-order valence-corrected chi connectivity index (χ0v) is 17.5. The lowest BCUT2D eigenvalue weighted by Crippen LogP contribution is -2.31. The van der Waals surface area contributed by atoms with Crippen LogP contribution in [-0.4, -0.2) is 39.7 Å². The number of phenols is 1. The number of hydrogen-bond acceptors (Lipinski definition) is 5. The van der Waals surface area contributed by atoms with Crippen LogP contribution >= 0.6 is 0 Å². The third-order valence-electron chi connectivity index (χ3n) is 6.06. The topological polar surface area (TPSA) is 83.9 Å². The molecule has 2 aromatic carbocycles. The summed E-state index contributed by atoms with van der Waals surface area (Å²) >= 11 is 0. The molecule has 0 spiro atoms. The van der Waals surface area contributed by atoms with E-state index in [9.17, 15) is 18.3 Å². The van der Waals surface area contributed by atoms with Crippen LogP contribution in [0.15, 0.2) is 40.1 Å². The number of aryl methyl sites for hydroxylation is 1. The quantitative estimate of drug-likeness (QED) is 0.831. The number of nitrogens with zero attached hydrogens (tertiary/aromatic N) is 1. The second-order valence-corrected chi connectivity index (χ2v) is 9.65. The van der Waals surface area contributed by atoms with Crippen LogP contribution in [0.1, 0.15) is 41.9 Å². The Morgan fingerprint density at radius 3 is 2.55 bits per heavy atom. The number of aromatic hydroxyl groups is 1. The second kappa shape index (κ2) is 7.46. The predicted molar refractivity (Wildman–Crippen MR) is 109 cm³/mol. The molecular weight excluding hydrogens is 390 g/mol. The lowest BCUT2D eigenvalue weighted by atomic mass is 9.88. The number of anilines is 1. The average Bonchev–Trinajstić information content (AvgIpc) is 2.71. The molecule has 29 heavy (non-hydrogen) atoms. The summed E-state index contributed by atoms with van der Waals surface area (Å²) in [6.07, 6.45) is 2.54. The molecule has 1 fully saturated rings. The number of amides is 1. The molecule has 7 heteroatoms. The molecule has 4 rings (SSSR count). The van der Waals surface area contributed by atoms with Crippen molar-refractivity contribution in [2.75, 3.05) is 25.2 Å². The number of benzene rings is 2. The van der Waals surface area contributed by atoms with Gasteiger partial charge in [-0.1, -0.05) is 6.07 Å². The minimum atomic E-state index is -3.91. The molecule has 154 valence electrons. The highest BCUT2D eigenvalue weighted by molar-refractivity contribution is 7.91. The molecule has 0 saturated carbocycles. The first kappa shape index (κ1) is 19.9. The van der Waals surface area contributed by atoms with E-state index in [1.165, 1.54) is 12.1 Å². The molecule has 0 bridgehead atoms. The Labute approximate surface area is 171 Å². The van der Waals surface area contributed by atoms with E-state index in [4.69, 9.17) is 4.74 Å². The van der Waals surface area contributed by atoms with Gasteiger partial charge in [0.2, 0.25) is 15.7 Å². The van der Waals surface area contributed by atoms with Gasteiger partial charge in [0.15, 0.2) is 0 Å². The Balaban J connectivity index is 1.79. The van der Waals surface area contributed by atoms with Gasteiger partial charge < -0.3 is 14.7 Å². The summed E-state index contributed by atoms with van der Waals surface area (Å²) in [5.74, 6) is 0.00980. The molecule has 2 heterocycles. The van der Waals surface area contributed by atoms with Crippen LogP contribution in [-0.2, 0) is 25.8 Å². The molecule has 1 saturated heterocycles. The van der Waals surface area contributed by atoms with Gasteiger partial charge in [0.25, 0.3) is 0 Å². The number of ether oxygens (including phenoxy) is 1. The average molecular weight is 416 g/mol. The summed E-state index contributed by atoms with van der Waals surface area (Å²) in [4.78, 5) is 13.6. The largest absolute Gasteiger partial charge is 0.507 e. The first-order valence-corrected chi connectivity index (χ1v) is 11.3. The SMILES string of the molecule is Cc1c(C2CCOCC2)ccc(O)c1S(=O)(=O)c1ccc2c(c1)CCC(=O)N2C. The van der Waals surface area contributed by atoms with Crippen molar-refractivity contribution >= 4 is 21.4 Å². The monoisotopic (exact) mass is 415 g/mol. The van der Waals surface area contributed by atoms with E-state index < -0.39 is 9.84 Å². The van der Waals surface area contributed by atoms with Crippen molar-refractivity contribution in [3.8, 4) is 5.75 Å². The summed E-state index contributed by atoms with van der Waals surface area (Å²) in [6, 6.07) is 8.13. The molecule has 0 atom stereocenters. The van der Waals surface area contributed by atoms with Crippen molar-refractivity contribution in [2.24, 2.45) is 0 Å². The van der Waals surface area contributed by atoms with Crippen LogP contribution in [0.2, 0.25) is 0 Å². The molecule has 1 amide bonds. The van der Waals surface area contributed by atoms with Crippen molar-refractivity contribution in [2.45, 2.75) is 48.3 Å². The number of carbonyl (C=O) groups excluding carboxylic acids is 1. The molecule has 2 aromatic rings. The first-order valence-electron chi connectivity index (χ1n) is 9.85. The van der Waals surface area contributed by atoms with Gasteiger partial charge in [0.1, 0.15) is 10.6 Å². The van der Waals surface area contributed by atoms with Crippen molar-refractivity contribution < 1.29 is 23.1 Å². The maximum absolute atomic E-state index is 13.5. The van der Waals surface area contributed by atoms with Gasteiger partial charge in [-0.3, -0.25) is 4.79 Å². The van der Waals surface area contributed by atoms with E-state index in [-0.39, 0.29) is 27.4 Å². The van der Waals surface area contributed by atoms with Crippen LogP contribution in [0.5, 0.6) is 5.75 Å². The molecule has 0 radical (unpaired) electrons. The number of fused-ring (bicyclic) bond motifs is 1. The van der Waals surface area contributed by atoms with Crippen LogP contribution in [0.25, 0.3) is 0 Å². The van der Waals surface area contributed by atoms with E-state index in [0.29, 0.717) is 31.6 Å². The van der Waals surface area contributed by atoms with Crippen LogP contribution in [0, 0.1) is 6.92 Å². The summed E-state index contributed by atoms with van der Waals surface area (Å²) in [7, 11) is -2.21. The normalized spacial score (nSPS) is 18.0. The Morgan fingerprint density at radius 2 is 1.83 bits per heavy atom. The van der Waals surface area contributed by atoms with Crippen molar-refractivity contribution in [1.82, 2.24) is 0 Å². The Hall–Kier alpha value is -2.38. The van der Waals surface area contributed by atoms with Gasteiger partial charge in [0, 0.05) is 32.4 Å². The number of hydrogen-bond donors (Lipinski definition) is 1. The van der Waals surface area contributed by atoms with Gasteiger partial charge in [0.05, 0.1) is 4.90 Å². The summed E-state index contributed by atoms with van der Waals surface area (Å²) in [5.41, 5.74) is 3.11. The van der Waals surface area contributed by atoms with Crippen molar-refractivity contribution in [1.29, 1.82) is 0 Å². The van der Waals surface area contributed by atoms with Crippen molar-refractivity contribution in [3.05, 3.63) is 47.0 Å². The van der Waals surface area contributed by atoms with E-state index in [1.54, 1.807) is 31.0 Å². The highest BCUT2D eigenvalue weighted by Gasteiger charge is 2.30. The summed E-state index contributed by atoms with van der Waals surface area (Å²) in [5, 5.41) is 10.5.